The number of anilines is 9. The highest BCUT2D eigenvalue weighted by Gasteiger charge is 2.49. The van der Waals surface area contributed by atoms with Gasteiger partial charge in [-0.2, -0.15) is 0 Å². The van der Waals surface area contributed by atoms with Gasteiger partial charge in [0, 0.05) is 73.8 Å². The van der Waals surface area contributed by atoms with Gasteiger partial charge in [0.2, 0.25) is 0 Å². The summed E-state index contributed by atoms with van der Waals surface area (Å²) in [7, 11) is 0. The molecule has 0 saturated carbocycles. The Morgan fingerprint density at radius 1 is 0.261 bits per heavy atom. The lowest BCUT2D eigenvalue weighted by Gasteiger charge is -2.46. The molecule has 2 aromatic heterocycles. The van der Waals surface area contributed by atoms with Crippen molar-refractivity contribution in [3.63, 3.8) is 0 Å². The van der Waals surface area contributed by atoms with Crippen LogP contribution >= 0.6 is 0 Å². The Morgan fingerprint density at radius 3 is 1.34 bits per heavy atom. The summed E-state index contributed by atoms with van der Waals surface area (Å²) in [5, 5.41) is 4.16. The number of hydrogen-bond acceptors (Lipinski definition) is 6. The van der Waals surface area contributed by atoms with Crippen LogP contribution in [0, 0.1) is 0 Å². The third-order valence-corrected chi connectivity index (χ3v) is 19.7. The molecule has 0 amide bonds. The second kappa shape index (κ2) is 19.8. The van der Waals surface area contributed by atoms with Crippen molar-refractivity contribution in [2.75, 3.05) is 14.7 Å². The normalized spacial score (nSPS) is 13.2. The van der Waals surface area contributed by atoms with E-state index >= 15 is 0 Å². The van der Waals surface area contributed by atoms with Crippen LogP contribution in [0.3, 0.4) is 0 Å². The number of fused-ring (bicyclic) bond motifs is 16. The number of furan rings is 2. The number of rotatable bonds is 7. The SMILES string of the molecule is c1ccc(-c2ccc(-c3cccc(-c4ccc(-c5ccccc5)cc4)c3N3c4cc5c(cc4B4c6ccccc6N(c6ccccc6)c6c4c3cc3oc4ccccc4c63)B3c4ccccc4Oc4c3c(cc3oc6ccccc6c43)N5c3ccccc3)cc2)cc1. The van der Waals surface area contributed by atoms with Crippen LogP contribution in [0.15, 0.2) is 318 Å². The minimum atomic E-state index is -0.252. The number of nitrogens with zero attached hydrogens (tertiary/aromatic N) is 3. The average Bonchev–Trinajstić information content (AvgIpc) is 1.00. The molecule has 426 valence electrons. The first kappa shape index (κ1) is 51.0. The van der Waals surface area contributed by atoms with Crippen LogP contribution in [0.4, 0.5) is 51.2 Å². The first-order valence-corrected chi connectivity index (χ1v) is 31.6. The minimum Gasteiger partial charge on any atom is -0.458 e. The van der Waals surface area contributed by atoms with E-state index in [2.05, 4.69) is 318 Å². The number of hydrogen-bond donors (Lipinski definition) is 0. The van der Waals surface area contributed by atoms with Crippen LogP contribution in [0.1, 0.15) is 0 Å². The van der Waals surface area contributed by atoms with Gasteiger partial charge in [0.1, 0.15) is 33.8 Å². The molecule has 0 aliphatic carbocycles. The Kier molecular flexibility index (Phi) is 10.9. The molecule has 14 aromatic carbocycles. The van der Waals surface area contributed by atoms with Crippen LogP contribution in [-0.4, -0.2) is 13.4 Å². The summed E-state index contributed by atoms with van der Waals surface area (Å²) in [6, 6.07) is 113. The first-order chi connectivity index (χ1) is 45.7. The van der Waals surface area contributed by atoms with Crippen molar-refractivity contribution in [3.8, 4) is 56.0 Å². The van der Waals surface area contributed by atoms with Crippen molar-refractivity contribution >= 4 is 141 Å². The quantitative estimate of drug-likeness (QED) is 0.148. The Balaban J connectivity index is 0.950. The Bertz CT molecular complexity index is 5590. The molecule has 4 aliphatic heterocycles. The molecule has 0 saturated heterocycles. The van der Waals surface area contributed by atoms with Gasteiger partial charge in [0.25, 0.3) is 13.4 Å². The molecule has 0 unspecified atom stereocenters. The van der Waals surface area contributed by atoms with E-state index in [0.717, 1.165) is 151 Å². The van der Waals surface area contributed by atoms with Gasteiger partial charge in [-0.05, 0) is 121 Å². The minimum absolute atomic E-state index is 0.230. The lowest BCUT2D eigenvalue weighted by atomic mass is 9.30. The zero-order valence-electron chi connectivity index (χ0n) is 49.7. The molecule has 0 N–H and O–H groups in total. The number of ether oxygens (including phenoxy) is 1. The van der Waals surface area contributed by atoms with Crippen LogP contribution in [0.5, 0.6) is 11.5 Å². The lowest BCUT2D eigenvalue weighted by Crippen LogP contribution is -2.64. The molecule has 92 heavy (non-hydrogen) atoms. The highest BCUT2D eigenvalue weighted by Crippen LogP contribution is 2.55. The van der Waals surface area contributed by atoms with Crippen LogP contribution in [0.25, 0.3) is 88.4 Å². The summed E-state index contributed by atoms with van der Waals surface area (Å²) in [6.45, 7) is -0.482. The predicted molar refractivity (Wildman–Crippen MR) is 383 cm³/mol. The van der Waals surface area contributed by atoms with Gasteiger partial charge in [-0.1, -0.05) is 243 Å². The molecular formula is C84H51B2N3O3. The van der Waals surface area contributed by atoms with E-state index in [0.29, 0.717) is 0 Å². The van der Waals surface area contributed by atoms with Crippen LogP contribution in [-0.2, 0) is 0 Å². The monoisotopic (exact) mass is 1170 g/mol. The Morgan fingerprint density at radius 2 is 0.717 bits per heavy atom. The summed E-state index contributed by atoms with van der Waals surface area (Å²) < 4.78 is 21.5. The maximum absolute atomic E-state index is 7.34. The van der Waals surface area contributed by atoms with Crippen molar-refractivity contribution in [3.05, 3.63) is 309 Å². The smallest absolute Gasteiger partial charge is 0.256 e. The van der Waals surface area contributed by atoms with Gasteiger partial charge in [-0.3, -0.25) is 0 Å². The van der Waals surface area contributed by atoms with Crippen LogP contribution < -0.4 is 52.2 Å². The largest absolute Gasteiger partial charge is 0.458 e. The van der Waals surface area contributed by atoms with Crippen LogP contribution in [0.2, 0.25) is 0 Å². The highest BCUT2D eigenvalue weighted by molar-refractivity contribution is 7.03. The third-order valence-electron chi connectivity index (χ3n) is 19.7. The molecule has 0 radical (unpaired) electrons. The van der Waals surface area contributed by atoms with Crippen molar-refractivity contribution in [2.24, 2.45) is 0 Å². The maximum Gasteiger partial charge on any atom is 0.256 e. The molecular weight excluding hydrogens is 1120 g/mol. The van der Waals surface area contributed by atoms with E-state index in [1.807, 2.05) is 6.07 Å². The van der Waals surface area contributed by atoms with Crippen molar-refractivity contribution < 1.29 is 13.6 Å². The topological polar surface area (TPSA) is 45.2 Å². The van der Waals surface area contributed by atoms with Gasteiger partial charge in [-0.15, -0.1) is 0 Å². The zero-order chi connectivity index (χ0) is 60.1. The van der Waals surface area contributed by atoms with E-state index in [4.69, 9.17) is 13.6 Å². The van der Waals surface area contributed by atoms with E-state index in [-0.39, 0.29) is 13.4 Å². The fourth-order valence-corrected chi connectivity index (χ4v) is 15.8. The molecule has 0 fully saturated rings. The lowest BCUT2D eigenvalue weighted by molar-refractivity contribution is 0.493. The van der Waals surface area contributed by atoms with E-state index in [9.17, 15) is 0 Å². The molecule has 16 aromatic rings. The van der Waals surface area contributed by atoms with Gasteiger partial charge in [0.15, 0.2) is 0 Å². The fourth-order valence-electron chi connectivity index (χ4n) is 15.8. The molecule has 0 atom stereocenters. The van der Waals surface area contributed by atoms with Crippen molar-refractivity contribution in [1.29, 1.82) is 0 Å². The summed E-state index contributed by atoms with van der Waals surface area (Å²) in [6.07, 6.45) is 0. The summed E-state index contributed by atoms with van der Waals surface area (Å²) in [4.78, 5) is 7.61. The third kappa shape index (κ3) is 7.40. The number of benzene rings is 14. The molecule has 6 nitrogen and oxygen atoms in total. The average molecular weight is 1170 g/mol. The van der Waals surface area contributed by atoms with Gasteiger partial charge >= 0.3 is 0 Å². The number of para-hydroxylation sites is 7. The maximum atomic E-state index is 7.34. The summed E-state index contributed by atoms with van der Waals surface area (Å²) in [5.41, 5.74) is 28.9. The summed E-state index contributed by atoms with van der Waals surface area (Å²) in [5.74, 6) is 1.67. The molecule has 0 bridgehead atoms. The molecule has 0 spiro atoms. The fraction of sp³-hybridized carbons (Fsp3) is 0. The van der Waals surface area contributed by atoms with Gasteiger partial charge in [-0.25, -0.2) is 0 Å². The Labute approximate surface area is 531 Å². The van der Waals surface area contributed by atoms with Crippen molar-refractivity contribution in [2.45, 2.75) is 0 Å². The molecule has 6 heterocycles. The van der Waals surface area contributed by atoms with Gasteiger partial charge < -0.3 is 28.3 Å². The van der Waals surface area contributed by atoms with E-state index in [1.54, 1.807) is 0 Å². The second-order valence-corrected chi connectivity index (χ2v) is 24.5. The highest BCUT2D eigenvalue weighted by atomic mass is 16.5. The standard InChI is InChI=1S/C84H51B2N3O3/c1-5-22-52(23-6-1)54-40-44-56(45-41-54)60-32-21-33-61(57-46-42-55(43-47-57)53-24-7-2-8-25-53)82(60)89-70-49-69-66(86-65-35-16-20-39-75(65)92-84-79-63-31-14-19-38-74(63)91-77(79)51-72(81(84)86)87(69)58-26-9-3-10-27-58)48-67(70)85-64-34-15-17-36-68(64)88(59-28-11-4-12-29-59)83-78-62-30-13-18-37-73(62)90-76(78)50-71(89)80(83)85/h1-51H. The molecule has 8 heteroatoms. The Hall–Kier alpha value is -12.0. The van der Waals surface area contributed by atoms with E-state index < -0.39 is 0 Å². The zero-order valence-corrected chi connectivity index (χ0v) is 49.7. The second-order valence-electron chi connectivity index (χ2n) is 24.5. The summed E-state index contributed by atoms with van der Waals surface area (Å²) >= 11 is 0. The first-order valence-electron chi connectivity index (χ1n) is 31.6. The molecule has 20 rings (SSSR count). The van der Waals surface area contributed by atoms with Gasteiger partial charge in [0.05, 0.1) is 22.1 Å². The molecule has 4 aliphatic rings. The van der Waals surface area contributed by atoms with E-state index in [1.165, 1.54) is 33.0 Å². The van der Waals surface area contributed by atoms with Crippen molar-refractivity contribution in [1.82, 2.24) is 0 Å². The predicted octanol–water partition coefficient (Wildman–Crippen LogP) is 18.6.